The fourth-order valence-electron chi connectivity index (χ4n) is 3.74. The van der Waals surface area contributed by atoms with Gasteiger partial charge in [-0.05, 0) is 36.8 Å². The van der Waals surface area contributed by atoms with Gasteiger partial charge in [0.15, 0.2) is 0 Å². The van der Waals surface area contributed by atoms with Crippen LogP contribution >= 0.6 is 0 Å². The standard InChI is InChI=1S/C24H23FN4O2/c1-29-24(27-21(30)15-18-5-3-4-6-20(18)31-2)22(16-11-13-26-14-12-16)23(28-29)17-7-9-19(25)10-8-17/h3-11,13-14,16H,12,15H2,1-2H3,(H,27,30). The molecule has 6 nitrogen and oxygen atoms in total. The van der Waals surface area contributed by atoms with E-state index < -0.39 is 0 Å². The van der Waals surface area contributed by atoms with Gasteiger partial charge >= 0.3 is 0 Å². The molecule has 0 fully saturated rings. The number of anilines is 1. The smallest absolute Gasteiger partial charge is 0.230 e. The summed E-state index contributed by atoms with van der Waals surface area (Å²) in [4.78, 5) is 17.1. The monoisotopic (exact) mass is 418 g/mol. The molecular weight excluding hydrogens is 395 g/mol. The number of benzene rings is 2. The van der Waals surface area contributed by atoms with Crippen LogP contribution in [0.2, 0.25) is 0 Å². The van der Waals surface area contributed by atoms with E-state index in [2.05, 4.69) is 15.4 Å². The molecule has 4 rings (SSSR count). The largest absolute Gasteiger partial charge is 0.496 e. The van der Waals surface area contributed by atoms with Crippen molar-refractivity contribution in [2.75, 3.05) is 12.4 Å². The lowest BCUT2D eigenvalue weighted by Crippen LogP contribution is -2.18. The summed E-state index contributed by atoms with van der Waals surface area (Å²) in [5.41, 5.74) is 3.17. The van der Waals surface area contributed by atoms with Crippen molar-refractivity contribution in [3.05, 3.63) is 77.8 Å². The number of carbonyl (C=O) groups is 1. The van der Waals surface area contributed by atoms with Gasteiger partial charge in [-0.25, -0.2) is 4.39 Å². The van der Waals surface area contributed by atoms with Crippen LogP contribution in [0.15, 0.2) is 65.8 Å². The Morgan fingerprint density at radius 3 is 2.71 bits per heavy atom. The first-order chi connectivity index (χ1) is 15.1. The van der Waals surface area contributed by atoms with Gasteiger partial charge in [-0.3, -0.25) is 14.5 Å². The molecule has 0 saturated heterocycles. The molecule has 1 aromatic heterocycles. The van der Waals surface area contributed by atoms with E-state index in [1.165, 1.54) is 12.1 Å². The van der Waals surface area contributed by atoms with Crippen LogP contribution in [0, 0.1) is 5.82 Å². The molecule has 1 aliphatic heterocycles. The molecule has 2 heterocycles. The lowest BCUT2D eigenvalue weighted by Gasteiger charge is -2.17. The molecule has 1 N–H and O–H groups in total. The SMILES string of the molecule is COc1ccccc1CC(=O)Nc1c(C2C=CN=CC2)c(-c2ccc(F)cc2)nn1C. The lowest BCUT2D eigenvalue weighted by molar-refractivity contribution is -0.115. The second kappa shape index (κ2) is 8.95. The van der Waals surface area contributed by atoms with Crippen molar-refractivity contribution in [2.45, 2.75) is 18.8 Å². The molecule has 1 atom stereocenters. The normalized spacial score (nSPS) is 15.1. The van der Waals surface area contributed by atoms with Crippen LogP contribution in [0.1, 0.15) is 23.5 Å². The summed E-state index contributed by atoms with van der Waals surface area (Å²) in [6, 6.07) is 13.6. The fraction of sp³-hybridized carbons (Fsp3) is 0.208. The summed E-state index contributed by atoms with van der Waals surface area (Å²) >= 11 is 0. The van der Waals surface area contributed by atoms with E-state index in [0.29, 0.717) is 23.7 Å². The maximum atomic E-state index is 13.5. The zero-order valence-electron chi connectivity index (χ0n) is 17.4. The van der Waals surface area contributed by atoms with E-state index >= 15 is 0 Å². The van der Waals surface area contributed by atoms with Gasteiger partial charge in [0.2, 0.25) is 5.91 Å². The highest BCUT2D eigenvalue weighted by molar-refractivity contribution is 5.94. The van der Waals surface area contributed by atoms with Crippen molar-refractivity contribution >= 4 is 17.9 Å². The van der Waals surface area contributed by atoms with Gasteiger partial charge in [0, 0.05) is 42.1 Å². The number of hydrogen-bond acceptors (Lipinski definition) is 4. The molecule has 7 heteroatoms. The minimum absolute atomic E-state index is 0.00665. The number of para-hydroxylation sites is 1. The molecule has 0 saturated carbocycles. The maximum absolute atomic E-state index is 13.5. The number of amides is 1. The minimum atomic E-state index is -0.309. The molecule has 3 aromatic rings. The van der Waals surface area contributed by atoms with Crippen LogP contribution in [-0.2, 0) is 18.3 Å². The number of aromatic nitrogens is 2. The molecule has 0 spiro atoms. The van der Waals surface area contributed by atoms with Gasteiger partial charge in [0.05, 0.1) is 19.2 Å². The number of aliphatic imine (C=N–C) groups is 1. The highest BCUT2D eigenvalue weighted by atomic mass is 19.1. The van der Waals surface area contributed by atoms with Gasteiger partial charge in [-0.1, -0.05) is 24.3 Å². The van der Waals surface area contributed by atoms with Crippen molar-refractivity contribution < 1.29 is 13.9 Å². The zero-order valence-corrected chi connectivity index (χ0v) is 17.4. The lowest BCUT2D eigenvalue weighted by atomic mass is 9.92. The molecule has 31 heavy (non-hydrogen) atoms. The highest BCUT2D eigenvalue weighted by Gasteiger charge is 2.25. The number of nitrogens with zero attached hydrogens (tertiary/aromatic N) is 3. The van der Waals surface area contributed by atoms with Crippen molar-refractivity contribution in [1.29, 1.82) is 0 Å². The van der Waals surface area contributed by atoms with Gasteiger partial charge < -0.3 is 10.1 Å². The Hall–Kier alpha value is -3.74. The van der Waals surface area contributed by atoms with Gasteiger partial charge in [-0.2, -0.15) is 5.10 Å². The summed E-state index contributed by atoms with van der Waals surface area (Å²) < 4.78 is 20.5. The number of allylic oxidation sites excluding steroid dienone is 1. The third-order valence-corrected chi connectivity index (χ3v) is 5.24. The van der Waals surface area contributed by atoms with E-state index in [0.717, 1.165) is 16.7 Å². The molecule has 158 valence electrons. The summed E-state index contributed by atoms with van der Waals surface area (Å²) in [5.74, 6) is 0.794. The van der Waals surface area contributed by atoms with Crippen molar-refractivity contribution in [3.8, 4) is 17.0 Å². The molecule has 1 amide bonds. The van der Waals surface area contributed by atoms with Gasteiger partial charge in [0.25, 0.3) is 0 Å². The quantitative estimate of drug-likeness (QED) is 0.641. The van der Waals surface area contributed by atoms with Crippen molar-refractivity contribution in [2.24, 2.45) is 12.0 Å². The van der Waals surface area contributed by atoms with Crippen LogP contribution in [0.5, 0.6) is 5.75 Å². The maximum Gasteiger partial charge on any atom is 0.230 e. The predicted octanol–water partition coefficient (Wildman–Crippen LogP) is 4.49. The number of hydrogen-bond donors (Lipinski definition) is 1. The molecule has 1 aliphatic rings. The van der Waals surface area contributed by atoms with Crippen LogP contribution in [0.25, 0.3) is 11.3 Å². The zero-order chi connectivity index (χ0) is 21.8. The Kier molecular flexibility index (Phi) is 5.93. The Morgan fingerprint density at radius 1 is 1.23 bits per heavy atom. The third kappa shape index (κ3) is 4.40. The van der Waals surface area contributed by atoms with E-state index in [9.17, 15) is 9.18 Å². The second-order valence-electron chi connectivity index (χ2n) is 7.29. The van der Waals surface area contributed by atoms with Crippen molar-refractivity contribution in [3.63, 3.8) is 0 Å². The Bertz CT molecular complexity index is 1150. The predicted molar refractivity (Wildman–Crippen MR) is 119 cm³/mol. The fourth-order valence-corrected chi connectivity index (χ4v) is 3.74. The molecule has 0 bridgehead atoms. The number of rotatable bonds is 6. The number of nitrogens with one attached hydrogen (secondary N) is 1. The van der Waals surface area contributed by atoms with Gasteiger partial charge in [0.1, 0.15) is 17.4 Å². The molecular formula is C24H23FN4O2. The Morgan fingerprint density at radius 2 is 2.00 bits per heavy atom. The second-order valence-corrected chi connectivity index (χ2v) is 7.29. The van der Waals surface area contributed by atoms with E-state index in [1.807, 2.05) is 36.6 Å². The molecule has 0 radical (unpaired) electrons. The molecule has 0 aliphatic carbocycles. The van der Waals surface area contributed by atoms with Crippen molar-refractivity contribution in [1.82, 2.24) is 9.78 Å². The summed E-state index contributed by atoms with van der Waals surface area (Å²) in [6.07, 6.45) is 6.43. The first-order valence-electron chi connectivity index (χ1n) is 9.99. The number of halogens is 1. The summed E-state index contributed by atoms with van der Waals surface area (Å²) in [5, 5.41) is 7.69. The Labute approximate surface area is 180 Å². The number of ether oxygens (including phenoxy) is 1. The van der Waals surface area contributed by atoms with Crippen LogP contribution in [0.4, 0.5) is 10.2 Å². The average molecular weight is 418 g/mol. The average Bonchev–Trinajstić information content (AvgIpc) is 3.11. The van der Waals surface area contributed by atoms with Crippen LogP contribution < -0.4 is 10.1 Å². The van der Waals surface area contributed by atoms with Crippen LogP contribution in [0.3, 0.4) is 0 Å². The number of aryl methyl sites for hydroxylation is 1. The molecule has 2 aromatic carbocycles. The summed E-state index contributed by atoms with van der Waals surface area (Å²) in [6.45, 7) is 0. The first kappa shape index (κ1) is 20.5. The van der Waals surface area contributed by atoms with E-state index in [1.54, 1.807) is 37.2 Å². The number of carbonyl (C=O) groups excluding carboxylic acids is 1. The Balaban J connectivity index is 1.69. The van der Waals surface area contributed by atoms with Crippen LogP contribution in [-0.4, -0.2) is 29.0 Å². The summed E-state index contributed by atoms with van der Waals surface area (Å²) in [7, 11) is 3.37. The highest BCUT2D eigenvalue weighted by Crippen LogP contribution is 2.37. The topological polar surface area (TPSA) is 68.5 Å². The van der Waals surface area contributed by atoms with E-state index in [-0.39, 0.29) is 24.1 Å². The third-order valence-electron chi connectivity index (χ3n) is 5.24. The van der Waals surface area contributed by atoms with Gasteiger partial charge in [-0.15, -0.1) is 0 Å². The molecule has 1 unspecified atom stereocenters. The first-order valence-corrected chi connectivity index (χ1v) is 9.99. The number of methoxy groups -OCH3 is 1. The minimum Gasteiger partial charge on any atom is -0.496 e. The van der Waals surface area contributed by atoms with E-state index in [4.69, 9.17) is 4.74 Å².